The second-order valence-corrected chi connectivity index (χ2v) is 5.53. The molecule has 2 rings (SSSR count). The average Bonchev–Trinajstić information content (AvgIpc) is 2.79. The molecule has 1 aromatic rings. The zero-order valence-electron chi connectivity index (χ0n) is 9.71. The lowest BCUT2D eigenvalue weighted by molar-refractivity contribution is -0.0505. The van der Waals surface area contributed by atoms with Gasteiger partial charge in [0, 0.05) is 35.9 Å². The minimum atomic E-state index is -2.53. The molecular formula is C11H16F2N2OS. The minimum absolute atomic E-state index is 0.0928. The fraction of sp³-hybridized carbons (Fsp3) is 0.727. The molecule has 3 nitrogen and oxygen atoms in total. The Hall–Kier alpha value is -0.750. The molecule has 17 heavy (non-hydrogen) atoms. The lowest BCUT2D eigenvalue weighted by Gasteiger charge is -2.38. The Labute approximate surface area is 103 Å². The Morgan fingerprint density at radius 1 is 1.41 bits per heavy atom. The third kappa shape index (κ3) is 2.42. The summed E-state index contributed by atoms with van der Waals surface area (Å²) in [5.74, 6) is -2.53. The summed E-state index contributed by atoms with van der Waals surface area (Å²) in [7, 11) is 1.55. The van der Waals surface area contributed by atoms with E-state index in [2.05, 4.69) is 4.98 Å². The van der Waals surface area contributed by atoms with E-state index in [0.29, 0.717) is 24.6 Å². The first-order chi connectivity index (χ1) is 8.01. The first-order valence-electron chi connectivity index (χ1n) is 5.60. The van der Waals surface area contributed by atoms with Crippen molar-refractivity contribution >= 4 is 11.3 Å². The van der Waals surface area contributed by atoms with Crippen LogP contribution in [0.4, 0.5) is 8.78 Å². The van der Waals surface area contributed by atoms with E-state index in [0.717, 1.165) is 4.88 Å². The molecule has 1 aromatic heterocycles. The lowest BCUT2D eigenvalue weighted by atomic mass is 9.72. The number of alkyl halides is 2. The molecule has 1 fully saturated rings. The number of methoxy groups -OCH3 is 1. The van der Waals surface area contributed by atoms with Crippen LogP contribution in [0.25, 0.3) is 0 Å². The second kappa shape index (κ2) is 4.49. The van der Waals surface area contributed by atoms with E-state index in [1.807, 2.05) is 0 Å². The number of nitrogens with zero attached hydrogens (tertiary/aromatic N) is 1. The summed E-state index contributed by atoms with van der Waals surface area (Å²) >= 11 is 1.40. The topological polar surface area (TPSA) is 48.1 Å². The Balaban J connectivity index is 2.21. The van der Waals surface area contributed by atoms with Crippen molar-refractivity contribution in [2.75, 3.05) is 13.7 Å². The number of hydrogen-bond donors (Lipinski definition) is 1. The molecular weight excluding hydrogens is 246 g/mol. The zero-order chi connectivity index (χ0) is 12.5. The van der Waals surface area contributed by atoms with E-state index >= 15 is 0 Å². The maximum Gasteiger partial charge on any atom is 0.273 e. The van der Waals surface area contributed by atoms with Gasteiger partial charge in [-0.1, -0.05) is 11.3 Å². The van der Waals surface area contributed by atoms with Gasteiger partial charge in [-0.25, -0.2) is 13.8 Å². The van der Waals surface area contributed by atoms with Crippen molar-refractivity contribution in [3.05, 3.63) is 11.1 Å². The molecule has 2 N–H and O–H groups in total. The van der Waals surface area contributed by atoms with Crippen molar-refractivity contribution in [1.82, 2.24) is 4.98 Å². The van der Waals surface area contributed by atoms with Gasteiger partial charge in [0.15, 0.2) is 0 Å². The molecule has 0 unspecified atom stereocenters. The third-order valence-corrected chi connectivity index (χ3v) is 4.72. The monoisotopic (exact) mass is 262 g/mol. The van der Waals surface area contributed by atoms with Crippen molar-refractivity contribution in [3.8, 4) is 5.19 Å². The summed E-state index contributed by atoms with van der Waals surface area (Å²) in [5, 5.41) is 0.560. The van der Waals surface area contributed by atoms with Crippen LogP contribution in [-0.4, -0.2) is 24.6 Å². The number of ether oxygens (including phenoxy) is 1. The van der Waals surface area contributed by atoms with Gasteiger partial charge in [0.2, 0.25) is 5.92 Å². The van der Waals surface area contributed by atoms with Crippen LogP contribution >= 0.6 is 11.3 Å². The minimum Gasteiger partial charge on any atom is -0.473 e. The van der Waals surface area contributed by atoms with Crippen molar-refractivity contribution in [2.24, 2.45) is 5.73 Å². The predicted octanol–water partition coefficient (Wildman–Crippen LogP) is 2.56. The standard InChI is InChI=1S/C11H16F2N2OS/c1-16-9-15-6-8(17-9)10(7-14)2-4-11(12,13)5-3-10/h6H,2-5,7,14H2,1H3. The molecule has 6 heteroatoms. The van der Waals surface area contributed by atoms with E-state index in [1.54, 1.807) is 13.3 Å². The highest BCUT2D eigenvalue weighted by atomic mass is 32.1. The normalized spacial score (nSPS) is 22.4. The van der Waals surface area contributed by atoms with E-state index in [9.17, 15) is 8.78 Å². The van der Waals surface area contributed by atoms with Crippen LogP contribution in [0.3, 0.4) is 0 Å². The van der Waals surface area contributed by atoms with Crippen molar-refractivity contribution in [2.45, 2.75) is 37.0 Å². The lowest BCUT2D eigenvalue weighted by Crippen LogP contribution is -2.41. The van der Waals surface area contributed by atoms with Crippen LogP contribution in [0, 0.1) is 0 Å². The summed E-state index contributed by atoms with van der Waals surface area (Å²) in [4.78, 5) is 5.06. The Morgan fingerprint density at radius 2 is 2.06 bits per heavy atom. The van der Waals surface area contributed by atoms with Gasteiger partial charge in [-0.3, -0.25) is 0 Å². The number of rotatable bonds is 3. The first kappa shape index (κ1) is 12.7. The summed E-state index contributed by atoms with van der Waals surface area (Å²) in [5.41, 5.74) is 5.47. The quantitative estimate of drug-likeness (QED) is 0.910. The molecule has 0 atom stereocenters. The van der Waals surface area contributed by atoms with Crippen LogP contribution < -0.4 is 10.5 Å². The molecule has 0 radical (unpaired) electrons. The summed E-state index contributed by atoms with van der Waals surface area (Å²) in [6, 6.07) is 0. The molecule has 0 amide bonds. The van der Waals surface area contributed by atoms with Crippen molar-refractivity contribution < 1.29 is 13.5 Å². The molecule has 0 bridgehead atoms. The smallest absolute Gasteiger partial charge is 0.273 e. The van der Waals surface area contributed by atoms with Gasteiger partial charge in [-0.15, -0.1) is 0 Å². The highest BCUT2D eigenvalue weighted by Gasteiger charge is 2.44. The molecule has 0 aromatic carbocycles. The van der Waals surface area contributed by atoms with Crippen molar-refractivity contribution in [1.29, 1.82) is 0 Å². The fourth-order valence-electron chi connectivity index (χ4n) is 2.24. The number of halogens is 2. The number of aromatic nitrogens is 1. The molecule has 1 saturated carbocycles. The van der Waals surface area contributed by atoms with E-state index in [4.69, 9.17) is 10.5 Å². The van der Waals surface area contributed by atoms with Gasteiger partial charge >= 0.3 is 0 Å². The van der Waals surface area contributed by atoms with Gasteiger partial charge in [0.1, 0.15) is 0 Å². The Bertz CT molecular complexity index is 385. The molecule has 1 aliphatic rings. The largest absolute Gasteiger partial charge is 0.473 e. The van der Waals surface area contributed by atoms with Crippen LogP contribution in [-0.2, 0) is 5.41 Å². The summed E-state index contributed by atoms with van der Waals surface area (Å²) in [6.45, 7) is 0.383. The number of hydrogen-bond acceptors (Lipinski definition) is 4. The second-order valence-electron chi connectivity index (χ2n) is 4.53. The SMILES string of the molecule is COc1ncc(C2(CN)CCC(F)(F)CC2)s1. The molecule has 0 aliphatic heterocycles. The zero-order valence-corrected chi connectivity index (χ0v) is 10.5. The Kier molecular flexibility index (Phi) is 3.36. The van der Waals surface area contributed by atoms with Crippen LogP contribution in [0.2, 0.25) is 0 Å². The average molecular weight is 262 g/mol. The fourth-order valence-corrected chi connectivity index (χ4v) is 3.23. The van der Waals surface area contributed by atoms with Crippen molar-refractivity contribution in [3.63, 3.8) is 0 Å². The van der Waals surface area contributed by atoms with Crippen LogP contribution in [0.15, 0.2) is 6.20 Å². The predicted molar refractivity (Wildman–Crippen MR) is 62.8 cm³/mol. The maximum atomic E-state index is 13.2. The first-order valence-corrected chi connectivity index (χ1v) is 6.41. The molecule has 1 heterocycles. The van der Waals surface area contributed by atoms with Gasteiger partial charge in [-0.2, -0.15) is 0 Å². The Morgan fingerprint density at radius 3 is 2.53 bits per heavy atom. The highest BCUT2D eigenvalue weighted by Crippen LogP contribution is 2.46. The number of thiazole rings is 1. The van der Waals surface area contributed by atoms with E-state index < -0.39 is 5.92 Å². The van der Waals surface area contributed by atoms with Crippen LogP contribution in [0.5, 0.6) is 5.19 Å². The summed E-state index contributed by atoms with van der Waals surface area (Å²) in [6.07, 6.45) is 2.36. The number of nitrogens with two attached hydrogens (primary N) is 1. The molecule has 0 saturated heterocycles. The molecule has 1 aliphatic carbocycles. The third-order valence-electron chi connectivity index (χ3n) is 3.51. The van der Waals surface area contributed by atoms with Gasteiger partial charge in [0.25, 0.3) is 5.19 Å². The summed E-state index contributed by atoms with van der Waals surface area (Å²) < 4.78 is 31.4. The van der Waals surface area contributed by atoms with Gasteiger partial charge in [-0.05, 0) is 12.8 Å². The maximum absolute atomic E-state index is 13.2. The van der Waals surface area contributed by atoms with Crippen LogP contribution in [0.1, 0.15) is 30.6 Å². The van der Waals surface area contributed by atoms with E-state index in [1.165, 1.54) is 11.3 Å². The molecule has 96 valence electrons. The van der Waals surface area contributed by atoms with Gasteiger partial charge < -0.3 is 10.5 Å². The van der Waals surface area contributed by atoms with Gasteiger partial charge in [0.05, 0.1) is 7.11 Å². The highest BCUT2D eigenvalue weighted by molar-refractivity contribution is 7.13. The van der Waals surface area contributed by atoms with E-state index in [-0.39, 0.29) is 18.3 Å². The molecule has 0 spiro atoms.